The summed E-state index contributed by atoms with van der Waals surface area (Å²) in [6, 6.07) is 20.0. The van der Waals surface area contributed by atoms with Gasteiger partial charge in [0.05, 0.1) is 11.4 Å². The second kappa shape index (κ2) is 15.3. The molecule has 0 unspecified atom stereocenters. The van der Waals surface area contributed by atoms with Crippen molar-refractivity contribution in [3.8, 4) is 22.8 Å². The quantitative estimate of drug-likeness (QED) is 0.0722. The van der Waals surface area contributed by atoms with Crippen molar-refractivity contribution in [1.82, 2.24) is 41.2 Å². The first-order chi connectivity index (χ1) is 28.7. The molecule has 2 amide bonds. The van der Waals surface area contributed by atoms with Crippen molar-refractivity contribution in [2.75, 3.05) is 21.5 Å². The minimum atomic E-state index is -4.98. The number of allylic oxidation sites excluding steroid dienone is 2. The van der Waals surface area contributed by atoms with Crippen LogP contribution in [0.2, 0.25) is 0 Å². The average Bonchev–Trinajstić information content (AvgIpc) is 3.96. The molecule has 2 aliphatic rings. The zero-order valence-electron chi connectivity index (χ0n) is 29.9. The number of rotatable bonds is 10. The molecule has 6 aromatic rings. The number of tetrazole rings is 2. The molecule has 25 heteroatoms. The Morgan fingerprint density at radius 3 is 1.30 bits per heavy atom. The molecule has 2 aromatic heterocycles. The van der Waals surface area contributed by atoms with Crippen molar-refractivity contribution in [3.63, 3.8) is 0 Å². The van der Waals surface area contributed by atoms with Crippen molar-refractivity contribution in [1.29, 1.82) is 0 Å². The number of hydrogen-bond acceptors (Lipinski definition) is 17. The molecular formula is C35H24N14O9S2. The molecule has 0 saturated heterocycles. The van der Waals surface area contributed by atoms with Crippen LogP contribution in [-0.4, -0.2) is 96.2 Å². The van der Waals surface area contributed by atoms with E-state index >= 15 is 0 Å². The molecule has 23 nitrogen and oxygen atoms in total. The fraction of sp³-hybridized carbons (Fsp3) is 0. The Kier molecular flexibility index (Phi) is 9.89. The molecule has 0 atom stereocenters. The number of nitrogens with one attached hydrogen (secondary N) is 6. The van der Waals surface area contributed by atoms with E-state index in [0.29, 0.717) is 34.2 Å². The topological polar surface area (TPSA) is 342 Å². The van der Waals surface area contributed by atoms with Crippen LogP contribution in [0.25, 0.3) is 34.9 Å². The molecule has 0 fully saturated rings. The Morgan fingerprint density at radius 2 is 0.950 bits per heavy atom. The molecule has 2 heterocycles. The van der Waals surface area contributed by atoms with Gasteiger partial charge in [-0.1, -0.05) is 0 Å². The summed E-state index contributed by atoms with van der Waals surface area (Å²) < 4.78 is 69.6. The summed E-state index contributed by atoms with van der Waals surface area (Å²) in [7, 11) is -9.96. The standard InChI is InChI=1S/C35H24N14O9S2/c50-31-25-11-9-23(13-19(25)15-27(59(53,54)55)29(31)40-38-21-5-1-17(2-6-21)33-42-46-47-43-33)36-35(52)37-24-10-12-26-20(14-24)16-28(60(56,57)58)30(32(26)51)41-39-22-7-3-18(4-8-22)34-44-48-49-45-34/h1-16,38-39H,(H2,36,37,52)(H,53,54,55)(H,56,57,58)(H,42,43,46,47)(H,44,45,48,49). The predicted octanol–water partition coefficient (Wildman–Crippen LogP) is 3.48. The highest BCUT2D eigenvalue weighted by Gasteiger charge is 2.34. The largest absolute Gasteiger partial charge is 0.323 e. The second-order valence-corrected chi connectivity index (χ2v) is 15.4. The Labute approximate surface area is 336 Å². The fourth-order valence-electron chi connectivity index (χ4n) is 5.93. The third-order valence-electron chi connectivity index (χ3n) is 8.70. The molecule has 2 aliphatic carbocycles. The summed E-state index contributed by atoms with van der Waals surface area (Å²) in [6.45, 7) is 0. The molecule has 60 heavy (non-hydrogen) atoms. The fourth-order valence-corrected chi connectivity index (χ4v) is 7.24. The van der Waals surface area contributed by atoms with Crippen LogP contribution in [-0.2, 0) is 20.2 Å². The van der Waals surface area contributed by atoms with Gasteiger partial charge in [0.2, 0.25) is 23.2 Å². The van der Waals surface area contributed by atoms with Crippen molar-refractivity contribution in [2.24, 2.45) is 10.2 Å². The van der Waals surface area contributed by atoms with E-state index < -0.39 is 59.1 Å². The Balaban J connectivity index is 0.974. The van der Waals surface area contributed by atoms with Crippen LogP contribution in [0.5, 0.6) is 0 Å². The average molecular weight is 849 g/mol. The van der Waals surface area contributed by atoms with Crippen molar-refractivity contribution < 1.29 is 40.3 Å². The minimum absolute atomic E-state index is 0.0126. The van der Waals surface area contributed by atoms with Gasteiger partial charge in [0.1, 0.15) is 9.81 Å². The highest BCUT2D eigenvalue weighted by Crippen LogP contribution is 2.31. The monoisotopic (exact) mass is 848 g/mol. The van der Waals surface area contributed by atoms with Crippen molar-refractivity contribution in [3.05, 3.63) is 117 Å². The number of fused-ring (bicyclic) bond motifs is 2. The first kappa shape index (κ1) is 38.7. The number of nitrogens with zero attached hydrogens (tertiary/aromatic N) is 8. The molecule has 4 aromatic carbocycles. The van der Waals surface area contributed by atoms with Crippen LogP contribution in [0, 0.1) is 0 Å². The first-order valence-electron chi connectivity index (χ1n) is 16.9. The van der Waals surface area contributed by atoms with Crippen LogP contribution in [0.15, 0.2) is 105 Å². The summed E-state index contributed by atoms with van der Waals surface area (Å²) in [5, 5.41) is 40.2. The molecule has 0 bridgehead atoms. The summed E-state index contributed by atoms with van der Waals surface area (Å²) in [5.41, 5.74) is 6.28. The molecular weight excluding hydrogens is 825 g/mol. The molecule has 8 rings (SSSR count). The number of aromatic amines is 2. The molecule has 300 valence electrons. The Hall–Kier alpha value is -8.13. The lowest BCUT2D eigenvalue weighted by Gasteiger charge is -2.18. The number of amides is 2. The number of aromatic nitrogens is 8. The second-order valence-electron chi connectivity index (χ2n) is 12.6. The Bertz CT molecular complexity index is 2870. The van der Waals surface area contributed by atoms with Gasteiger partial charge in [-0.3, -0.25) is 29.5 Å². The molecule has 0 aliphatic heterocycles. The smallest absolute Gasteiger partial charge is 0.308 e. The number of H-pyrrole nitrogens is 2. The van der Waals surface area contributed by atoms with Gasteiger partial charge in [0.25, 0.3) is 20.2 Å². The zero-order chi connectivity index (χ0) is 42.2. The number of urea groups is 1. The number of ketones is 2. The molecule has 0 radical (unpaired) electrons. The molecule has 0 spiro atoms. The highest BCUT2D eigenvalue weighted by molar-refractivity contribution is 7.91. The van der Waals surface area contributed by atoms with Crippen molar-refractivity contribution >= 4 is 84.2 Å². The summed E-state index contributed by atoms with van der Waals surface area (Å²) >= 11 is 0. The SMILES string of the molecule is O=C(Nc1ccc2c(c1)C=C(S(=O)(=O)O)C(=NNc1ccc(-c3nn[nH]n3)cc1)C2=O)Nc1ccc2c(c1)C=C(S(=O)(=O)O)C(=NNc1ccc(-c3nn[nH]n3)cc1)C2=O. The molecule has 8 N–H and O–H groups in total. The van der Waals surface area contributed by atoms with Crippen LogP contribution in [0.4, 0.5) is 27.5 Å². The maximum absolute atomic E-state index is 13.5. The number of anilines is 4. The minimum Gasteiger partial charge on any atom is -0.308 e. The Morgan fingerprint density at radius 1 is 0.567 bits per heavy atom. The van der Waals surface area contributed by atoms with Crippen LogP contribution < -0.4 is 21.5 Å². The number of Topliss-reactive ketones (excluding diaryl/α,β-unsaturated/α-hetero) is 2. The maximum Gasteiger partial charge on any atom is 0.323 e. The number of carbonyl (C=O) groups is 3. The van der Waals surface area contributed by atoms with Gasteiger partial charge in [-0.15, -0.1) is 20.4 Å². The van der Waals surface area contributed by atoms with E-state index in [-0.39, 0.29) is 33.6 Å². The van der Waals surface area contributed by atoms with Crippen LogP contribution >= 0.6 is 0 Å². The van der Waals surface area contributed by atoms with Crippen LogP contribution in [0.1, 0.15) is 31.8 Å². The van der Waals surface area contributed by atoms with Gasteiger partial charge >= 0.3 is 6.03 Å². The lowest BCUT2D eigenvalue weighted by molar-refractivity contribution is 0.105. The maximum atomic E-state index is 13.5. The van der Waals surface area contributed by atoms with E-state index in [1.807, 2.05) is 0 Å². The van der Waals surface area contributed by atoms with E-state index in [9.17, 15) is 40.3 Å². The first-order valence-corrected chi connectivity index (χ1v) is 19.8. The lowest BCUT2D eigenvalue weighted by atomic mass is 9.94. The lowest BCUT2D eigenvalue weighted by Crippen LogP contribution is -2.27. The van der Waals surface area contributed by atoms with E-state index in [2.05, 4.69) is 72.9 Å². The number of carbonyl (C=O) groups excluding carboxylic acids is 3. The third-order valence-corrected chi connectivity index (χ3v) is 10.4. The number of hydrazone groups is 2. The normalized spacial score (nSPS) is 15.2. The van der Waals surface area contributed by atoms with Gasteiger partial charge in [0.15, 0.2) is 11.4 Å². The van der Waals surface area contributed by atoms with Gasteiger partial charge < -0.3 is 10.6 Å². The summed E-state index contributed by atoms with van der Waals surface area (Å²) in [4.78, 5) is 38.4. The van der Waals surface area contributed by atoms with Gasteiger partial charge in [0, 0.05) is 33.6 Å². The highest BCUT2D eigenvalue weighted by atomic mass is 32.2. The van der Waals surface area contributed by atoms with Crippen LogP contribution in [0.3, 0.4) is 0 Å². The summed E-state index contributed by atoms with van der Waals surface area (Å²) in [6.07, 6.45) is 2.05. The van der Waals surface area contributed by atoms with E-state index in [1.54, 1.807) is 48.5 Å². The van der Waals surface area contributed by atoms with E-state index in [0.717, 1.165) is 12.2 Å². The number of hydrogen-bond donors (Lipinski definition) is 8. The predicted molar refractivity (Wildman–Crippen MR) is 215 cm³/mol. The summed E-state index contributed by atoms with van der Waals surface area (Å²) in [5.74, 6) is -1.02. The van der Waals surface area contributed by atoms with E-state index in [1.165, 1.54) is 36.4 Å². The van der Waals surface area contributed by atoms with Gasteiger partial charge in [-0.2, -0.15) is 37.5 Å². The van der Waals surface area contributed by atoms with Gasteiger partial charge in [-0.25, -0.2) is 4.79 Å². The van der Waals surface area contributed by atoms with Crippen molar-refractivity contribution in [2.45, 2.75) is 0 Å². The molecule has 0 saturated carbocycles. The third kappa shape index (κ3) is 8.02. The van der Waals surface area contributed by atoms with E-state index in [4.69, 9.17) is 0 Å². The zero-order valence-corrected chi connectivity index (χ0v) is 31.5. The number of benzene rings is 4. The van der Waals surface area contributed by atoms with Gasteiger partial charge in [-0.05, 0) is 119 Å².